The number of nitrogens with one attached hydrogen (secondary N) is 1. The minimum atomic E-state index is -0.290. The molecule has 0 spiro atoms. The van der Waals surface area contributed by atoms with E-state index in [-0.39, 0.29) is 11.9 Å². The van der Waals surface area contributed by atoms with Crippen LogP contribution >= 0.6 is 0 Å². The summed E-state index contributed by atoms with van der Waals surface area (Å²) >= 11 is 0. The van der Waals surface area contributed by atoms with E-state index in [9.17, 15) is 4.39 Å². The molecule has 0 amide bonds. The van der Waals surface area contributed by atoms with Gasteiger partial charge in [0.05, 0.1) is 13.2 Å². The molecule has 0 bridgehead atoms. The minimum absolute atomic E-state index is 0.156. The maximum Gasteiger partial charge on any atom is 0.123 e. The molecule has 3 N–H and O–H groups in total. The highest BCUT2D eigenvalue weighted by Crippen LogP contribution is 2.28. The van der Waals surface area contributed by atoms with Crippen LogP contribution in [0.5, 0.6) is 5.75 Å². The Balaban J connectivity index is 2.12. The molecule has 3 nitrogen and oxygen atoms in total. The summed E-state index contributed by atoms with van der Waals surface area (Å²) in [4.78, 5) is 0. The molecule has 2 aromatic carbocycles. The van der Waals surface area contributed by atoms with Gasteiger partial charge in [-0.25, -0.2) is 4.39 Å². The number of hydrogen-bond donors (Lipinski definition) is 2. The summed E-state index contributed by atoms with van der Waals surface area (Å²) in [6, 6.07) is 12.7. The number of aryl methyl sites for hydroxylation is 2. The van der Waals surface area contributed by atoms with Crippen LogP contribution in [0.15, 0.2) is 42.5 Å². The number of hydrogen-bond acceptors (Lipinski definition) is 3. The van der Waals surface area contributed by atoms with E-state index in [1.54, 1.807) is 13.2 Å². The summed E-state index contributed by atoms with van der Waals surface area (Å²) in [7, 11) is 1.57. The average molecular weight is 288 g/mol. The fourth-order valence-corrected chi connectivity index (χ4v) is 2.37. The lowest BCUT2D eigenvalue weighted by atomic mass is 9.98. The Morgan fingerprint density at radius 2 is 1.90 bits per heavy atom. The molecule has 0 heterocycles. The van der Waals surface area contributed by atoms with Gasteiger partial charge in [-0.15, -0.1) is 0 Å². The smallest absolute Gasteiger partial charge is 0.123 e. The van der Waals surface area contributed by atoms with Gasteiger partial charge in [0.25, 0.3) is 0 Å². The first-order valence-corrected chi connectivity index (χ1v) is 6.99. The number of ether oxygens (including phenoxy) is 1. The van der Waals surface area contributed by atoms with Crippen molar-refractivity contribution in [2.75, 3.05) is 7.11 Å². The third-order valence-electron chi connectivity index (χ3n) is 3.61. The summed E-state index contributed by atoms with van der Waals surface area (Å²) in [6.45, 7) is 2.06. The van der Waals surface area contributed by atoms with Crippen LogP contribution in [0, 0.1) is 12.7 Å². The molecule has 0 aliphatic carbocycles. The first kappa shape index (κ1) is 15.5. The van der Waals surface area contributed by atoms with E-state index in [1.807, 2.05) is 0 Å². The van der Waals surface area contributed by atoms with Gasteiger partial charge in [0, 0.05) is 5.56 Å². The van der Waals surface area contributed by atoms with Crippen LogP contribution in [0.4, 0.5) is 4.39 Å². The van der Waals surface area contributed by atoms with Crippen molar-refractivity contribution in [3.05, 3.63) is 65.0 Å². The van der Waals surface area contributed by atoms with Crippen molar-refractivity contribution in [3.63, 3.8) is 0 Å². The van der Waals surface area contributed by atoms with Gasteiger partial charge < -0.3 is 4.74 Å². The molecule has 1 atom stereocenters. The molecule has 2 rings (SSSR count). The molecule has 4 heteroatoms. The van der Waals surface area contributed by atoms with Crippen molar-refractivity contribution >= 4 is 0 Å². The monoisotopic (exact) mass is 288 g/mol. The molecule has 21 heavy (non-hydrogen) atoms. The lowest BCUT2D eigenvalue weighted by Gasteiger charge is -2.19. The van der Waals surface area contributed by atoms with Gasteiger partial charge in [0.15, 0.2) is 0 Å². The number of halogens is 1. The standard InChI is InChI=1S/C17H21FN2O/c1-12-3-5-13(6-4-12)7-9-16(20-19)15-11-14(18)8-10-17(15)21-2/h3-6,8,10-11,16,20H,7,9,19H2,1-2H3. The van der Waals surface area contributed by atoms with Crippen LogP contribution in [0.2, 0.25) is 0 Å². The third kappa shape index (κ3) is 4.03. The quantitative estimate of drug-likeness (QED) is 0.633. The highest BCUT2D eigenvalue weighted by Gasteiger charge is 2.15. The molecular formula is C17H21FN2O. The fourth-order valence-electron chi connectivity index (χ4n) is 2.37. The van der Waals surface area contributed by atoms with Gasteiger partial charge in [0.2, 0.25) is 0 Å². The molecule has 0 aliphatic rings. The fraction of sp³-hybridized carbons (Fsp3) is 0.294. The number of nitrogens with two attached hydrogens (primary N) is 1. The first-order valence-electron chi connectivity index (χ1n) is 6.99. The second-order valence-electron chi connectivity index (χ2n) is 5.13. The number of benzene rings is 2. The molecule has 0 saturated heterocycles. The third-order valence-corrected chi connectivity index (χ3v) is 3.61. The Kier molecular flexibility index (Phi) is 5.31. The summed E-state index contributed by atoms with van der Waals surface area (Å²) in [5.41, 5.74) is 5.97. The maximum absolute atomic E-state index is 13.5. The average Bonchev–Trinajstić information content (AvgIpc) is 2.50. The van der Waals surface area contributed by atoms with E-state index >= 15 is 0 Å². The van der Waals surface area contributed by atoms with Crippen LogP contribution in [-0.2, 0) is 6.42 Å². The summed E-state index contributed by atoms with van der Waals surface area (Å²) in [5, 5.41) is 0. The van der Waals surface area contributed by atoms with Crippen LogP contribution in [-0.4, -0.2) is 7.11 Å². The van der Waals surface area contributed by atoms with Gasteiger partial charge in [-0.2, -0.15) is 0 Å². The lowest BCUT2D eigenvalue weighted by molar-refractivity contribution is 0.394. The molecule has 112 valence electrons. The van der Waals surface area contributed by atoms with Crippen LogP contribution in [0.3, 0.4) is 0 Å². The predicted molar refractivity (Wildman–Crippen MR) is 82.5 cm³/mol. The van der Waals surface area contributed by atoms with Crippen molar-refractivity contribution in [2.45, 2.75) is 25.8 Å². The van der Waals surface area contributed by atoms with Crippen molar-refractivity contribution in [1.29, 1.82) is 0 Å². The Bertz CT molecular complexity index is 584. The molecular weight excluding hydrogens is 267 g/mol. The van der Waals surface area contributed by atoms with Gasteiger partial charge in [0.1, 0.15) is 11.6 Å². The number of methoxy groups -OCH3 is 1. The van der Waals surface area contributed by atoms with Gasteiger partial charge in [-0.1, -0.05) is 29.8 Å². The van der Waals surface area contributed by atoms with Gasteiger partial charge in [-0.3, -0.25) is 11.3 Å². The normalized spacial score (nSPS) is 12.2. The zero-order valence-electron chi connectivity index (χ0n) is 12.4. The van der Waals surface area contributed by atoms with E-state index < -0.39 is 0 Å². The van der Waals surface area contributed by atoms with Gasteiger partial charge >= 0.3 is 0 Å². The summed E-state index contributed by atoms with van der Waals surface area (Å²) < 4.78 is 18.8. The molecule has 0 fully saturated rings. The summed E-state index contributed by atoms with van der Waals surface area (Å²) in [5.74, 6) is 5.99. The van der Waals surface area contributed by atoms with E-state index in [1.165, 1.54) is 23.3 Å². The molecule has 1 unspecified atom stereocenters. The van der Waals surface area contributed by atoms with Crippen molar-refractivity contribution < 1.29 is 9.13 Å². The van der Waals surface area contributed by atoms with Crippen LogP contribution < -0.4 is 16.0 Å². The zero-order chi connectivity index (χ0) is 15.2. The summed E-state index contributed by atoms with van der Waals surface area (Å²) in [6.07, 6.45) is 1.62. The molecule has 0 saturated carbocycles. The Labute approximate surface area is 124 Å². The molecule has 0 radical (unpaired) electrons. The van der Waals surface area contributed by atoms with Crippen molar-refractivity contribution in [1.82, 2.24) is 5.43 Å². The minimum Gasteiger partial charge on any atom is -0.496 e. The van der Waals surface area contributed by atoms with Crippen molar-refractivity contribution in [2.24, 2.45) is 5.84 Å². The second kappa shape index (κ2) is 7.20. The van der Waals surface area contributed by atoms with E-state index in [0.29, 0.717) is 5.75 Å². The van der Waals surface area contributed by atoms with Crippen LogP contribution in [0.1, 0.15) is 29.2 Å². The van der Waals surface area contributed by atoms with E-state index in [2.05, 4.69) is 36.6 Å². The predicted octanol–water partition coefficient (Wildman–Crippen LogP) is 3.28. The number of hydrazine groups is 1. The topological polar surface area (TPSA) is 47.3 Å². The highest BCUT2D eigenvalue weighted by atomic mass is 19.1. The zero-order valence-corrected chi connectivity index (χ0v) is 12.4. The van der Waals surface area contributed by atoms with Crippen LogP contribution in [0.25, 0.3) is 0 Å². The Morgan fingerprint density at radius 3 is 2.52 bits per heavy atom. The Hall–Kier alpha value is -1.91. The largest absolute Gasteiger partial charge is 0.496 e. The first-order chi connectivity index (χ1) is 10.1. The number of rotatable bonds is 6. The molecule has 0 aromatic heterocycles. The maximum atomic E-state index is 13.5. The van der Waals surface area contributed by atoms with E-state index in [4.69, 9.17) is 10.6 Å². The van der Waals surface area contributed by atoms with E-state index in [0.717, 1.165) is 18.4 Å². The van der Waals surface area contributed by atoms with Gasteiger partial charge in [-0.05, 0) is 43.5 Å². The SMILES string of the molecule is COc1ccc(F)cc1C(CCc1ccc(C)cc1)NN. The lowest BCUT2D eigenvalue weighted by Crippen LogP contribution is -2.28. The molecule has 0 aliphatic heterocycles. The highest BCUT2D eigenvalue weighted by molar-refractivity contribution is 5.36. The Morgan fingerprint density at radius 1 is 1.19 bits per heavy atom. The molecule has 2 aromatic rings. The van der Waals surface area contributed by atoms with Crippen molar-refractivity contribution in [3.8, 4) is 5.75 Å². The second-order valence-corrected chi connectivity index (χ2v) is 5.13.